The van der Waals surface area contributed by atoms with Crippen molar-refractivity contribution in [3.63, 3.8) is 0 Å². The minimum Gasteiger partial charge on any atom is -0.381 e. The van der Waals surface area contributed by atoms with Gasteiger partial charge in [-0.25, -0.2) is 4.98 Å². The third kappa shape index (κ3) is 8.95. The third-order valence-corrected chi connectivity index (χ3v) is 10.6. The molecule has 3 unspecified atom stereocenters. The second-order valence-corrected chi connectivity index (χ2v) is 15.5. The minimum atomic E-state index is -1.98. The van der Waals surface area contributed by atoms with Gasteiger partial charge in [-0.1, -0.05) is 59.8 Å². The van der Waals surface area contributed by atoms with Crippen LogP contribution in [0, 0.1) is 23.2 Å². The van der Waals surface area contributed by atoms with Gasteiger partial charge in [0.25, 0.3) is 11.8 Å². The molecule has 1 aliphatic heterocycles. The molecule has 2 heterocycles. The first-order chi connectivity index (χ1) is 23.7. The highest BCUT2D eigenvalue weighted by Crippen LogP contribution is 2.43. The Hall–Kier alpha value is -3.61. The van der Waals surface area contributed by atoms with Gasteiger partial charge in [-0.15, -0.1) is 0 Å². The van der Waals surface area contributed by atoms with Gasteiger partial charge in [-0.2, -0.15) is 0 Å². The molecule has 49 heavy (non-hydrogen) atoms. The first kappa shape index (κ1) is 35.2. The van der Waals surface area contributed by atoms with Gasteiger partial charge < -0.3 is 31.3 Å². The van der Waals surface area contributed by atoms with E-state index >= 15 is 0 Å². The maximum absolute atomic E-state index is 14.6. The Morgan fingerprint density at radius 2 is 1.69 bits per heavy atom. The van der Waals surface area contributed by atoms with E-state index in [1.165, 1.54) is 23.5 Å². The topological polar surface area (TPSA) is 183 Å². The van der Waals surface area contributed by atoms with E-state index in [2.05, 4.69) is 31.2 Å². The number of nitrogens with one attached hydrogen (secondary N) is 4. The molecular weight excluding hydrogens is 626 g/mol. The molecule has 3 aliphatic carbocycles. The van der Waals surface area contributed by atoms with Crippen molar-refractivity contribution in [2.45, 2.75) is 141 Å². The van der Waals surface area contributed by atoms with Gasteiger partial charge in [-0.05, 0) is 68.1 Å². The van der Waals surface area contributed by atoms with Crippen LogP contribution >= 0.6 is 0 Å². The molecule has 1 saturated heterocycles. The fourth-order valence-corrected chi connectivity index (χ4v) is 7.85. The Balaban J connectivity index is 1.37. The van der Waals surface area contributed by atoms with Crippen LogP contribution in [0.3, 0.4) is 0 Å². The van der Waals surface area contributed by atoms with Crippen molar-refractivity contribution in [2.24, 2.45) is 23.2 Å². The number of aliphatic hydroxyl groups excluding tert-OH is 1. The molecule has 5 amide bonds. The Kier molecular flexibility index (Phi) is 11.5. The number of aromatic nitrogens is 2. The summed E-state index contributed by atoms with van der Waals surface area (Å²) in [7, 11) is 0. The summed E-state index contributed by atoms with van der Waals surface area (Å²) in [4.78, 5) is 78.6. The summed E-state index contributed by atoms with van der Waals surface area (Å²) in [5.41, 5.74) is -0.679. The monoisotopic (exact) mass is 682 g/mol. The van der Waals surface area contributed by atoms with Gasteiger partial charge in [0.15, 0.2) is 6.10 Å². The van der Waals surface area contributed by atoms with Crippen molar-refractivity contribution in [1.29, 1.82) is 0 Å². The van der Waals surface area contributed by atoms with Gasteiger partial charge in [0.2, 0.25) is 17.7 Å². The Morgan fingerprint density at radius 3 is 2.33 bits per heavy atom. The number of likely N-dealkylation sites (tertiary alicyclic amines) is 1. The van der Waals surface area contributed by atoms with E-state index in [1.54, 1.807) is 0 Å². The molecule has 0 bridgehead atoms. The number of carbonyl (C=O) groups excluding carboxylic acids is 5. The molecule has 5 rings (SSSR count). The van der Waals surface area contributed by atoms with Crippen molar-refractivity contribution in [3.8, 4) is 0 Å². The molecule has 5 N–H and O–H groups in total. The minimum absolute atomic E-state index is 0.0245. The maximum atomic E-state index is 14.6. The maximum Gasteiger partial charge on any atom is 0.272 e. The van der Waals surface area contributed by atoms with Crippen LogP contribution in [0.4, 0.5) is 0 Å². The summed E-state index contributed by atoms with van der Waals surface area (Å²) in [6.07, 6.45) is 11.4. The highest BCUT2D eigenvalue weighted by atomic mass is 16.3. The number of amides is 5. The zero-order valence-electron chi connectivity index (χ0n) is 30.4. The van der Waals surface area contributed by atoms with E-state index in [0.717, 1.165) is 64.2 Å². The number of nitrogens with zero attached hydrogens (tertiary/aromatic N) is 3. The third-order valence-electron chi connectivity index (χ3n) is 10.6. The fraction of sp³-hybridized carbons (Fsp3) is 0.750. The zero-order valence-corrected chi connectivity index (χ0v) is 29.4. The summed E-state index contributed by atoms with van der Waals surface area (Å²) in [5.74, 6) is -2.89. The van der Waals surface area contributed by atoms with Crippen LogP contribution in [-0.2, 0) is 19.2 Å². The summed E-state index contributed by atoms with van der Waals surface area (Å²) in [6.45, 7) is 7.68. The predicted octanol–water partition coefficient (Wildman–Crippen LogP) is 2.24. The highest BCUT2D eigenvalue weighted by molar-refractivity contribution is 5.98. The largest absolute Gasteiger partial charge is 0.381 e. The van der Waals surface area contributed by atoms with Crippen LogP contribution in [0.15, 0.2) is 18.6 Å². The van der Waals surface area contributed by atoms with Crippen LogP contribution in [-0.4, -0.2) is 92.3 Å². The lowest BCUT2D eigenvalue weighted by Gasteiger charge is -2.38. The second-order valence-electron chi connectivity index (χ2n) is 15.5. The van der Waals surface area contributed by atoms with E-state index in [9.17, 15) is 29.1 Å². The smallest absolute Gasteiger partial charge is 0.272 e. The average Bonchev–Trinajstić information content (AvgIpc) is 3.65. The molecule has 4 aliphatic rings. The van der Waals surface area contributed by atoms with E-state index < -0.39 is 65.2 Å². The lowest BCUT2D eigenvalue weighted by molar-refractivity contribution is -0.146. The van der Waals surface area contributed by atoms with E-state index in [1.807, 2.05) is 27.7 Å². The number of aliphatic hydroxyl groups is 1. The van der Waals surface area contributed by atoms with E-state index in [-0.39, 0.29) is 35.9 Å². The molecule has 13 nitrogen and oxygen atoms in total. The lowest BCUT2D eigenvalue weighted by Crippen LogP contribution is -2.62. The van der Waals surface area contributed by atoms with Crippen LogP contribution in [0.5, 0.6) is 0 Å². The van der Waals surface area contributed by atoms with Crippen LogP contribution in [0.2, 0.25) is 0 Å². The fourth-order valence-electron chi connectivity index (χ4n) is 7.85. The summed E-state index contributed by atoms with van der Waals surface area (Å²) >= 11 is 0. The predicted molar refractivity (Wildman–Crippen MR) is 182 cm³/mol. The second kappa shape index (κ2) is 15.9. The van der Waals surface area contributed by atoms with Crippen molar-refractivity contribution >= 4 is 29.5 Å². The van der Waals surface area contributed by atoms with Crippen molar-refractivity contribution < 1.29 is 30.4 Å². The van der Waals surface area contributed by atoms with Gasteiger partial charge in [0, 0.05) is 25.0 Å². The van der Waals surface area contributed by atoms with Crippen LogP contribution in [0.25, 0.3) is 0 Å². The number of fused-ring (bicyclic) bond motifs is 1. The molecule has 1 aromatic rings. The standard InChI is InChI=1S/C36H55N7O6/c1-5-10-25(29(44)34(48)39-23-15-16-23)40-33(47)28-24-14-9-13-22(24)20-43(28)35(49)30(36(2,3)4)42-32(46)27(21-11-7-6-8-12-21)41-31(45)26-19-37-17-18-38-26/h17-19,21-25,27-30,44H,5-16,20H2,1-4H3,(H,39,48)(H,40,47)(H,41,45)(H,42,46)/t22-,24-,25+,27?,28-,29?,30?/m0/s1/i25D. The summed E-state index contributed by atoms with van der Waals surface area (Å²) in [5, 5.41) is 22.3. The quantitative estimate of drug-likeness (QED) is 0.210. The van der Waals surface area contributed by atoms with E-state index in [0.29, 0.717) is 13.0 Å². The van der Waals surface area contributed by atoms with E-state index in [4.69, 9.17) is 1.37 Å². The summed E-state index contributed by atoms with van der Waals surface area (Å²) in [6, 6.07) is -4.87. The number of rotatable bonds is 13. The Morgan fingerprint density at radius 1 is 0.959 bits per heavy atom. The Bertz CT molecular complexity index is 1400. The van der Waals surface area contributed by atoms with Gasteiger partial charge in [-0.3, -0.25) is 29.0 Å². The first-order valence-corrected chi connectivity index (χ1v) is 18.2. The highest BCUT2D eigenvalue weighted by Gasteiger charge is 2.52. The van der Waals surface area contributed by atoms with Crippen LogP contribution < -0.4 is 21.3 Å². The molecule has 3 saturated carbocycles. The molecule has 0 aromatic carbocycles. The molecular formula is C36H55N7O6. The van der Waals surface area contributed by atoms with Gasteiger partial charge in [0.1, 0.15) is 23.8 Å². The number of hydrogen-bond acceptors (Lipinski definition) is 8. The zero-order chi connectivity index (χ0) is 36.2. The molecule has 0 spiro atoms. The van der Waals surface area contributed by atoms with Crippen molar-refractivity contribution in [2.75, 3.05) is 6.54 Å². The SMILES string of the molecule is [2H][C@](CCC)(NC(=O)[C@@H]1[C@H]2CCC[C@H]2CN1C(=O)C(NC(=O)C(NC(=O)c1cnccn1)C1CCCCC1)C(C)(C)C)C(O)C(=O)NC1CC1. The number of hydrogen-bond donors (Lipinski definition) is 5. The summed E-state index contributed by atoms with van der Waals surface area (Å²) < 4.78 is 9.07. The molecule has 1 aromatic heterocycles. The lowest BCUT2D eigenvalue weighted by atomic mass is 9.82. The molecule has 7 atom stereocenters. The number of carbonyl (C=O) groups is 5. The van der Waals surface area contributed by atoms with Gasteiger partial charge in [0.05, 0.1) is 13.6 Å². The molecule has 0 radical (unpaired) electrons. The molecule has 13 heteroatoms. The average molecular weight is 683 g/mol. The van der Waals surface area contributed by atoms with Crippen LogP contribution in [0.1, 0.15) is 117 Å². The van der Waals surface area contributed by atoms with Crippen molar-refractivity contribution in [3.05, 3.63) is 24.3 Å². The molecule has 4 fully saturated rings. The van der Waals surface area contributed by atoms with Crippen molar-refractivity contribution in [1.82, 2.24) is 36.1 Å². The normalized spacial score (nSPS) is 25.9. The van der Waals surface area contributed by atoms with Gasteiger partial charge >= 0.3 is 0 Å². The first-order valence-electron chi connectivity index (χ1n) is 18.7. The molecule has 270 valence electrons. The Labute approximate surface area is 290 Å².